The molecule has 1 amide bonds. The molecule has 4 rings (SSSR count). The zero-order valence-electron chi connectivity index (χ0n) is 14.7. The summed E-state index contributed by atoms with van der Waals surface area (Å²) < 4.78 is 28.8. The summed E-state index contributed by atoms with van der Waals surface area (Å²) in [5.41, 5.74) is 2.93. The Balaban J connectivity index is 1.45. The maximum absolute atomic E-state index is 12.4. The minimum atomic E-state index is -3.03. The highest BCUT2D eigenvalue weighted by Crippen LogP contribution is 2.19. The molecule has 1 fully saturated rings. The second-order valence-corrected chi connectivity index (χ2v) is 9.08. The van der Waals surface area contributed by atoms with Crippen LogP contribution in [0.15, 0.2) is 52.9 Å². The Hall–Kier alpha value is -2.67. The van der Waals surface area contributed by atoms with E-state index in [9.17, 15) is 13.2 Å². The molecule has 0 bridgehead atoms. The first-order chi connectivity index (χ1) is 13.0. The third-order valence-corrected chi connectivity index (χ3v) is 6.50. The van der Waals surface area contributed by atoms with Crippen molar-refractivity contribution in [2.24, 2.45) is 0 Å². The molecule has 1 atom stereocenters. The van der Waals surface area contributed by atoms with Crippen LogP contribution in [0.3, 0.4) is 0 Å². The standard InChI is InChI=1S/C20H20N2O4S/c23-20(21-16-10-11-27(24,25)13-16)15-7-8-18-17(12-15)22-19(26-18)9-6-14-4-2-1-3-5-14/h1-5,7-8,12,16H,6,9-11,13H2,(H,21,23)/t16-/m0/s1. The van der Waals surface area contributed by atoms with Gasteiger partial charge in [0, 0.05) is 18.0 Å². The van der Waals surface area contributed by atoms with E-state index in [1.54, 1.807) is 18.2 Å². The lowest BCUT2D eigenvalue weighted by Gasteiger charge is -2.10. The van der Waals surface area contributed by atoms with E-state index in [1.807, 2.05) is 18.2 Å². The monoisotopic (exact) mass is 384 g/mol. The number of hydrogen-bond donors (Lipinski definition) is 1. The molecule has 1 aliphatic rings. The van der Waals surface area contributed by atoms with Crippen molar-refractivity contribution in [3.05, 3.63) is 65.5 Å². The summed E-state index contributed by atoms with van der Waals surface area (Å²) in [5, 5.41) is 2.79. The fraction of sp³-hybridized carbons (Fsp3) is 0.300. The molecule has 1 saturated heterocycles. The first kappa shape index (κ1) is 17.7. The first-order valence-electron chi connectivity index (χ1n) is 8.93. The van der Waals surface area contributed by atoms with Crippen LogP contribution < -0.4 is 5.32 Å². The molecule has 0 unspecified atom stereocenters. The van der Waals surface area contributed by atoms with Gasteiger partial charge in [0.05, 0.1) is 11.5 Å². The van der Waals surface area contributed by atoms with Gasteiger partial charge in [0.15, 0.2) is 21.3 Å². The van der Waals surface area contributed by atoms with E-state index >= 15 is 0 Å². The molecular weight excluding hydrogens is 364 g/mol. The number of carbonyl (C=O) groups is 1. The van der Waals surface area contributed by atoms with Crippen LogP contribution in [0, 0.1) is 0 Å². The third-order valence-electron chi connectivity index (χ3n) is 4.73. The Morgan fingerprint density at radius 3 is 2.70 bits per heavy atom. The molecule has 7 heteroatoms. The van der Waals surface area contributed by atoms with E-state index in [2.05, 4.69) is 22.4 Å². The van der Waals surface area contributed by atoms with Gasteiger partial charge in [0.25, 0.3) is 5.91 Å². The van der Waals surface area contributed by atoms with Gasteiger partial charge in [0.1, 0.15) is 5.52 Å². The number of rotatable bonds is 5. The van der Waals surface area contributed by atoms with Crippen molar-refractivity contribution in [3.63, 3.8) is 0 Å². The maximum Gasteiger partial charge on any atom is 0.251 e. The van der Waals surface area contributed by atoms with Crippen molar-refractivity contribution in [2.75, 3.05) is 11.5 Å². The van der Waals surface area contributed by atoms with Crippen molar-refractivity contribution in [1.82, 2.24) is 10.3 Å². The summed E-state index contributed by atoms with van der Waals surface area (Å²) in [6.45, 7) is 0. The van der Waals surface area contributed by atoms with E-state index in [-0.39, 0.29) is 23.5 Å². The van der Waals surface area contributed by atoms with E-state index in [4.69, 9.17) is 4.42 Å². The predicted molar refractivity (Wildman–Crippen MR) is 102 cm³/mol. The third kappa shape index (κ3) is 4.19. The summed E-state index contributed by atoms with van der Waals surface area (Å²) in [6, 6.07) is 14.9. The molecule has 140 valence electrons. The summed E-state index contributed by atoms with van der Waals surface area (Å²) in [6.07, 6.45) is 1.97. The van der Waals surface area contributed by atoms with Crippen molar-refractivity contribution in [2.45, 2.75) is 25.3 Å². The molecule has 2 aromatic carbocycles. The number of nitrogens with zero attached hydrogens (tertiary/aromatic N) is 1. The van der Waals surface area contributed by atoms with E-state index in [0.717, 1.165) is 6.42 Å². The minimum Gasteiger partial charge on any atom is -0.441 e. The molecular formula is C20H20N2O4S. The quantitative estimate of drug-likeness (QED) is 0.730. The topological polar surface area (TPSA) is 89.3 Å². The zero-order chi connectivity index (χ0) is 18.9. The van der Waals surface area contributed by atoms with Gasteiger partial charge in [-0.25, -0.2) is 13.4 Å². The van der Waals surface area contributed by atoms with Crippen molar-refractivity contribution in [1.29, 1.82) is 0 Å². The number of amides is 1. The lowest BCUT2D eigenvalue weighted by atomic mass is 10.1. The second kappa shape index (κ2) is 7.15. The number of nitrogens with one attached hydrogen (secondary N) is 1. The van der Waals surface area contributed by atoms with Gasteiger partial charge in [-0.15, -0.1) is 0 Å². The molecule has 0 aliphatic carbocycles. The molecule has 1 N–H and O–H groups in total. The number of benzene rings is 2. The SMILES string of the molecule is O=C(N[C@H]1CCS(=O)(=O)C1)c1ccc2oc(CCc3ccccc3)nc2c1. The smallest absolute Gasteiger partial charge is 0.251 e. The normalized spacial score (nSPS) is 18.6. The van der Waals surface area contributed by atoms with Crippen LogP contribution in [0.2, 0.25) is 0 Å². The number of oxazole rings is 1. The Kier molecular flexibility index (Phi) is 4.70. The lowest BCUT2D eigenvalue weighted by Crippen LogP contribution is -2.35. The number of hydrogen-bond acceptors (Lipinski definition) is 5. The van der Waals surface area contributed by atoms with Crippen molar-refractivity contribution in [3.8, 4) is 0 Å². The highest BCUT2D eigenvalue weighted by Gasteiger charge is 2.29. The molecule has 27 heavy (non-hydrogen) atoms. The van der Waals surface area contributed by atoms with Crippen LogP contribution >= 0.6 is 0 Å². The average Bonchev–Trinajstić information content (AvgIpc) is 3.22. The van der Waals surface area contributed by atoms with Gasteiger partial charge in [-0.2, -0.15) is 0 Å². The molecule has 0 radical (unpaired) electrons. The number of aromatic nitrogens is 1. The Morgan fingerprint density at radius 1 is 1.15 bits per heavy atom. The van der Waals surface area contributed by atoms with Gasteiger partial charge in [-0.05, 0) is 36.6 Å². The van der Waals surface area contributed by atoms with Crippen LogP contribution in [-0.4, -0.2) is 36.9 Å². The van der Waals surface area contributed by atoms with Gasteiger partial charge < -0.3 is 9.73 Å². The Morgan fingerprint density at radius 2 is 1.96 bits per heavy atom. The van der Waals surface area contributed by atoms with Crippen molar-refractivity contribution < 1.29 is 17.6 Å². The average molecular weight is 384 g/mol. The fourth-order valence-corrected chi connectivity index (χ4v) is 4.97. The van der Waals surface area contributed by atoms with Gasteiger partial charge in [0.2, 0.25) is 0 Å². The molecule has 1 aromatic heterocycles. The molecule has 2 heterocycles. The largest absolute Gasteiger partial charge is 0.441 e. The second-order valence-electron chi connectivity index (χ2n) is 6.85. The first-order valence-corrected chi connectivity index (χ1v) is 10.8. The molecule has 0 saturated carbocycles. The highest BCUT2D eigenvalue weighted by atomic mass is 32.2. The summed E-state index contributed by atoms with van der Waals surface area (Å²) in [7, 11) is -3.03. The molecule has 0 spiro atoms. The number of carbonyl (C=O) groups excluding carboxylic acids is 1. The summed E-state index contributed by atoms with van der Waals surface area (Å²) >= 11 is 0. The van der Waals surface area contributed by atoms with Crippen molar-refractivity contribution >= 4 is 26.8 Å². The van der Waals surface area contributed by atoms with E-state index in [1.165, 1.54) is 5.56 Å². The number of fused-ring (bicyclic) bond motifs is 1. The maximum atomic E-state index is 12.4. The van der Waals surface area contributed by atoms with E-state index < -0.39 is 9.84 Å². The summed E-state index contributed by atoms with van der Waals surface area (Å²) in [5.74, 6) is 0.487. The van der Waals surface area contributed by atoms with Crippen LogP contribution in [0.25, 0.3) is 11.1 Å². The highest BCUT2D eigenvalue weighted by molar-refractivity contribution is 7.91. The lowest BCUT2D eigenvalue weighted by molar-refractivity contribution is 0.0941. The predicted octanol–water partition coefficient (Wildman–Crippen LogP) is 2.53. The molecule has 6 nitrogen and oxygen atoms in total. The molecule has 3 aromatic rings. The van der Waals surface area contributed by atoms with Crippen LogP contribution in [0.5, 0.6) is 0 Å². The van der Waals surface area contributed by atoms with E-state index in [0.29, 0.717) is 35.4 Å². The van der Waals surface area contributed by atoms with Gasteiger partial charge >= 0.3 is 0 Å². The Labute approximate surface area is 157 Å². The number of sulfone groups is 1. The molecule has 1 aliphatic heterocycles. The number of aryl methyl sites for hydroxylation is 2. The van der Waals surface area contributed by atoms with Crippen LogP contribution in [-0.2, 0) is 22.7 Å². The zero-order valence-corrected chi connectivity index (χ0v) is 15.5. The van der Waals surface area contributed by atoms with Gasteiger partial charge in [-0.3, -0.25) is 4.79 Å². The fourth-order valence-electron chi connectivity index (χ4n) is 3.30. The van der Waals surface area contributed by atoms with Gasteiger partial charge in [-0.1, -0.05) is 30.3 Å². The minimum absolute atomic E-state index is 0.00851. The van der Waals surface area contributed by atoms with Crippen LogP contribution in [0.1, 0.15) is 28.2 Å². The van der Waals surface area contributed by atoms with Crippen LogP contribution in [0.4, 0.5) is 0 Å². The Bertz CT molecular complexity index is 1070. The summed E-state index contributed by atoms with van der Waals surface area (Å²) in [4.78, 5) is 16.9.